The lowest BCUT2D eigenvalue weighted by atomic mass is 9.99. The van der Waals surface area contributed by atoms with Gasteiger partial charge in [-0.25, -0.2) is 0 Å². The monoisotopic (exact) mass is 754 g/mol. The Morgan fingerprint density at radius 1 is 0.698 bits per heavy atom. The van der Waals surface area contributed by atoms with E-state index in [9.17, 15) is 35.4 Å². The molecule has 0 bridgehead atoms. The van der Waals surface area contributed by atoms with E-state index in [0.717, 1.165) is 32.1 Å². The van der Waals surface area contributed by atoms with Crippen LogP contribution in [0.5, 0.6) is 0 Å². The molecule has 310 valence electrons. The average Bonchev–Trinajstić information content (AvgIpc) is 3.15. The van der Waals surface area contributed by atoms with Crippen LogP contribution in [0.4, 0.5) is 0 Å². The molecule has 0 saturated carbocycles. The number of carbonyl (C=O) groups is 1. The van der Waals surface area contributed by atoms with Gasteiger partial charge in [0.05, 0.1) is 25.4 Å². The highest BCUT2D eigenvalue weighted by atomic mass is 16.7. The number of unbranched alkanes of at least 4 members (excludes halogenated alkanes) is 19. The topological polar surface area (TPSA) is 169 Å². The number of ether oxygens (including phenoxy) is 2. The summed E-state index contributed by atoms with van der Waals surface area (Å²) in [6, 6.07) is -1.03. The molecule has 0 aromatic carbocycles. The SMILES string of the molecule is CCCCCCCCCCCCC=CC(O)C(=O)NC(COC1OC(CO)C(O)C(O)C1O)C(O)C=CCCC=C(C)CCCCCCCCCCC. The highest BCUT2D eigenvalue weighted by Crippen LogP contribution is 2.22. The molecule has 8 atom stereocenters. The van der Waals surface area contributed by atoms with E-state index < -0.39 is 61.5 Å². The van der Waals surface area contributed by atoms with Gasteiger partial charge in [-0.05, 0) is 45.4 Å². The molecule has 53 heavy (non-hydrogen) atoms. The Balaban J connectivity index is 2.60. The van der Waals surface area contributed by atoms with Gasteiger partial charge < -0.3 is 45.4 Å². The van der Waals surface area contributed by atoms with Gasteiger partial charge in [0.2, 0.25) is 0 Å². The zero-order chi connectivity index (χ0) is 39.1. The Morgan fingerprint density at radius 3 is 1.79 bits per heavy atom. The molecular weight excluding hydrogens is 674 g/mol. The van der Waals surface area contributed by atoms with Gasteiger partial charge in [0.25, 0.3) is 5.91 Å². The maximum atomic E-state index is 13.0. The van der Waals surface area contributed by atoms with Crippen molar-refractivity contribution < 1.29 is 44.9 Å². The predicted molar refractivity (Wildman–Crippen MR) is 213 cm³/mol. The summed E-state index contributed by atoms with van der Waals surface area (Å²) in [6.45, 7) is 5.68. The fourth-order valence-electron chi connectivity index (χ4n) is 6.57. The molecule has 0 aliphatic carbocycles. The Bertz CT molecular complexity index is 971. The highest BCUT2D eigenvalue weighted by Gasteiger charge is 2.44. The molecule has 1 saturated heterocycles. The van der Waals surface area contributed by atoms with Crippen molar-refractivity contribution in [3.63, 3.8) is 0 Å². The fraction of sp³-hybridized carbons (Fsp3) is 0.837. The second kappa shape index (κ2) is 32.6. The molecule has 1 amide bonds. The number of carbonyl (C=O) groups excluding carboxylic acids is 1. The van der Waals surface area contributed by atoms with Gasteiger partial charge in [-0.2, -0.15) is 0 Å². The first-order chi connectivity index (χ1) is 25.7. The molecule has 1 fully saturated rings. The van der Waals surface area contributed by atoms with E-state index in [1.165, 1.54) is 121 Å². The number of aliphatic hydroxyl groups is 6. The number of rotatable bonds is 33. The van der Waals surface area contributed by atoms with Crippen LogP contribution < -0.4 is 5.32 Å². The smallest absolute Gasteiger partial charge is 0.253 e. The van der Waals surface area contributed by atoms with E-state index in [-0.39, 0.29) is 6.61 Å². The van der Waals surface area contributed by atoms with Crippen molar-refractivity contribution in [2.45, 2.75) is 217 Å². The lowest BCUT2D eigenvalue weighted by Crippen LogP contribution is -2.60. The fourth-order valence-corrected chi connectivity index (χ4v) is 6.57. The minimum absolute atomic E-state index is 0.341. The predicted octanol–water partition coefficient (Wildman–Crippen LogP) is 7.08. The van der Waals surface area contributed by atoms with Crippen LogP contribution in [0.25, 0.3) is 0 Å². The van der Waals surface area contributed by atoms with Gasteiger partial charge in [-0.3, -0.25) is 4.79 Å². The quantitative estimate of drug-likeness (QED) is 0.0274. The van der Waals surface area contributed by atoms with Crippen LogP contribution in [0.3, 0.4) is 0 Å². The Labute approximate surface area is 322 Å². The average molecular weight is 754 g/mol. The third-order valence-corrected chi connectivity index (χ3v) is 10.2. The van der Waals surface area contributed by atoms with Crippen LogP contribution in [0.15, 0.2) is 36.0 Å². The molecule has 0 aromatic rings. The minimum Gasteiger partial charge on any atom is -0.394 e. The minimum atomic E-state index is -1.62. The maximum absolute atomic E-state index is 13.0. The molecule has 10 nitrogen and oxygen atoms in total. The molecule has 0 aromatic heterocycles. The van der Waals surface area contributed by atoms with E-state index in [2.05, 4.69) is 32.2 Å². The van der Waals surface area contributed by atoms with Crippen molar-refractivity contribution in [3.8, 4) is 0 Å². The maximum Gasteiger partial charge on any atom is 0.253 e. The zero-order valence-electron chi connectivity index (χ0n) is 33.6. The van der Waals surface area contributed by atoms with Gasteiger partial charge >= 0.3 is 0 Å². The van der Waals surface area contributed by atoms with Crippen molar-refractivity contribution in [3.05, 3.63) is 36.0 Å². The first kappa shape index (κ1) is 49.4. The number of aliphatic hydroxyl groups excluding tert-OH is 6. The van der Waals surface area contributed by atoms with E-state index in [4.69, 9.17) is 9.47 Å². The second-order valence-electron chi connectivity index (χ2n) is 15.1. The number of hydrogen-bond acceptors (Lipinski definition) is 9. The summed E-state index contributed by atoms with van der Waals surface area (Å²) in [5, 5.41) is 64.4. The van der Waals surface area contributed by atoms with Crippen molar-refractivity contribution >= 4 is 5.91 Å². The van der Waals surface area contributed by atoms with Crippen molar-refractivity contribution in [1.82, 2.24) is 5.32 Å². The van der Waals surface area contributed by atoms with Crippen LogP contribution in [0.1, 0.15) is 168 Å². The van der Waals surface area contributed by atoms with E-state index in [0.29, 0.717) is 6.42 Å². The van der Waals surface area contributed by atoms with Gasteiger partial charge in [-0.15, -0.1) is 0 Å². The number of allylic oxidation sites excluding steroid dienone is 4. The molecule has 8 unspecified atom stereocenters. The summed E-state index contributed by atoms with van der Waals surface area (Å²) in [7, 11) is 0. The van der Waals surface area contributed by atoms with E-state index >= 15 is 0 Å². The molecule has 10 heteroatoms. The van der Waals surface area contributed by atoms with Gasteiger partial charge in [-0.1, -0.05) is 159 Å². The van der Waals surface area contributed by atoms with E-state index in [1.54, 1.807) is 12.2 Å². The molecule has 1 heterocycles. The standard InChI is InChI=1S/C43H79NO9/c1-4-6-8-10-12-14-15-16-18-20-22-26-31-37(47)42(51)44-35(33-52-43-41(50)40(49)39(48)38(32-45)53-43)36(46)30-27-23-25-29-34(3)28-24-21-19-17-13-11-9-7-5-2/h26-27,29-31,35-41,43,45-50H,4-25,28,32-33H2,1-3H3,(H,44,51). The molecule has 0 radical (unpaired) electrons. The molecule has 1 aliphatic rings. The Morgan fingerprint density at radius 2 is 1.23 bits per heavy atom. The third-order valence-electron chi connectivity index (χ3n) is 10.2. The first-order valence-corrected chi connectivity index (χ1v) is 21.2. The van der Waals surface area contributed by atoms with Crippen LogP contribution in [-0.4, -0.2) is 98.7 Å². The number of hydrogen-bond donors (Lipinski definition) is 7. The largest absolute Gasteiger partial charge is 0.394 e. The zero-order valence-corrected chi connectivity index (χ0v) is 33.6. The lowest BCUT2D eigenvalue weighted by molar-refractivity contribution is -0.302. The highest BCUT2D eigenvalue weighted by molar-refractivity contribution is 5.82. The normalized spacial score (nSPS) is 22.8. The number of nitrogens with one attached hydrogen (secondary N) is 1. The second-order valence-corrected chi connectivity index (χ2v) is 15.1. The van der Waals surface area contributed by atoms with Crippen LogP contribution in [0.2, 0.25) is 0 Å². The first-order valence-electron chi connectivity index (χ1n) is 21.2. The molecule has 0 spiro atoms. The summed E-state index contributed by atoms with van der Waals surface area (Å²) in [4.78, 5) is 13.0. The van der Waals surface area contributed by atoms with Crippen LogP contribution >= 0.6 is 0 Å². The van der Waals surface area contributed by atoms with Gasteiger partial charge in [0, 0.05) is 0 Å². The van der Waals surface area contributed by atoms with Crippen LogP contribution in [0, 0.1) is 0 Å². The summed E-state index contributed by atoms with van der Waals surface area (Å²) in [5.74, 6) is -0.714. The van der Waals surface area contributed by atoms with Gasteiger partial charge in [0.15, 0.2) is 12.4 Å². The summed E-state index contributed by atoms with van der Waals surface area (Å²) >= 11 is 0. The van der Waals surface area contributed by atoms with E-state index in [1.807, 2.05) is 6.08 Å². The summed E-state index contributed by atoms with van der Waals surface area (Å²) in [5.41, 5.74) is 1.36. The van der Waals surface area contributed by atoms with Gasteiger partial charge in [0.1, 0.15) is 24.4 Å². The molecule has 1 aliphatic heterocycles. The van der Waals surface area contributed by atoms with Crippen LogP contribution in [-0.2, 0) is 14.3 Å². The van der Waals surface area contributed by atoms with Crippen molar-refractivity contribution in [2.75, 3.05) is 13.2 Å². The van der Waals surface area contributed by atoms with Crippen molar-refractivity contribution in [2.24, 2.45) is 0 Å². The summed E-state index contributed by atoms with van der Waals surface area (Å²) < 4.78 is 11.1. The summed E-state index contributed by atoms with van der Waals surface area (Å²) in [6.07, 6.45) is 26.3. The molecule has 7 N–H and O–H groups in total. The molecular formula is C43H79NO9. The third kappa shape index (κ3) is 23.8. The number of amides is 1. The lowest BCUT2D eigenvalue weighted by Gasteiger charge is -2.40. The Kier molecular flexibility index (Phi) is 30.4. The van der Waals surface area contributed by atoms with Crippen molar-refractivity contribution in [1.29, 1.82) is 0 Å². The Hall–Kier alpha value is -1.63. The molecule has 1 rings (SSSR count).